The fraction of sp³-hybridized carbons (Fsp3) is 0.233. The van der Waals surface area contributed by atoms with E-state index < -0.39 is 4.92 Å². The number of carbonyl (C=O) groups excluding carboxylic acids is 1. The number of hydrogen-bond donors (Lipinski definition) is 2. The molecule has 2 aromatic heterocycles. The van der Waals surface area contributed by atoms with E-state index in [4.69, 9.17) is 33.3 Å². The number of pyridine rings is 1. The molecule has 4 aromatic rings. The maximum absolute atomic E-state index is 12.1. The molecule has 1 aliphatic heterocycles. The number of rotatable bonds is 9. The number of carbonyl (C=O) groups is 1. The number of thiocarbonyl (C=S) groups is 1. The van der Waals surface area contributed by atoms with Crippen molar-refractivity contribution in [2.45, 2.75) is 25.9 Å². The molecule has 0 unspecified atom stereocenters. The number of non-ortho nitro benzene ring substituents is 1. The van der Waals surface area contributed by atoms with Crippen LogP contribution in [0.3, 0.4) is 0 Å². The fourth-order valence-electron chi connectivity index (χ4n) is 5.45. The van der Waals surface area contributed by atoms with Crippen molar-refractivity contribution in [2.24, 2.45) is 0 Å². The normalized spacial score (nSPS) is 16.2. The van der Waals surface area contributed by atoms with Crippen LogP contribution in [0, 0.1) is 24.0 Å². The third-order valence-electron chi connectivity index (χ3n) is 7.28. The summed E-state index contributed by atoms with van der Waals surface area (Å²) in [6, 6.07) is 16.8. The standard InChI is InChI=1S/C30H29ClN6O5S/c1-17-13-21(18(2)35(17)25-15-20(37(39)40)9-11-26(25)42-4)29-28(24-7-5-6-12-32-24)34-30(43)36(29)19-8-10-23(22(31)14-19)33-27(38)16-41-3/h5-15,28-29H,16H2,1-4H3,(H,33,38)(H,34,43)/t28-,29-/m0/s1. The highest BCUT2D eigenvalue weighted by atomic mass is 35.5. The molecule has 1 saturated heterocycles. The molecule has 1 fully saturated rings. The van der Waals surface area contributed by atoms with Crippen molar-refractivity contribution < 1.29 is 19.2 Å². The number of aryl methyl sites for hydroxylation is 1. The van der Waals surface area contributed by atoms with E-state index in [-0.39, 0.29) is 30.3 Å². The zero-order valence-electron chi connectivity index (χ0n) is 23.8. The highest BCUT2D eigenvalue weighted by molar-refractivity contribution is 7.80. The van der Waals surface area contributed by atoms with Crippen molar-refractivity contribution in [1.29, 1.82) is 0 Å². The lowest BCUT2D eigenvalue weighted by atomic mass is 9.96. The highest BCUT2D eigenvalue weighted by Crippen LogP contribution is 2.45. The molecule has 2 N–H and O–H groups in total. The number of nitrogens with one attached hydrogen (secondary N) is 2. The summed E-state index contributed by atoms with van der Waals surface area (Å²) in [5, 5.41) is 18.6. The van der Waals surface area contributed by atoms with Crippen molar-refractivity contribution >= 4 is 51.9 Å². The number of methoxy groups -OCH3 is 2. The number of nitrogens with zero attached hydrogens (tertiary/aromatic N) is 4. The number of benzene rings is 2. The minimum Gasteiger partial charge on any atom is -0.495 e. The summed E-state index contributed by atoms with van der Waals surface area (Å²) in [6.07, 6.45) is 1.73. The number of amides is 1. The Morgan fingerprint density at radius 1 is 1.16 bits per heavy atom. The Bertz CT molecular complexity index is 1710. The predicted octanol–water partition coefficient (Wildman–Crippen LogP) is 5.82. The molecule has 2 atom stereocenters. The van der Waals surface area contributed by atoms with Gasteiger partial charge in [0.2, 0.25) is 5.91 Å². The molecule has 0 aliphatic carbocycles. The number of aromatic nitrogens is 2. The van der Waals surface area contributed by atoms with Gasteiger partial charge in [0.05, 0.1) is 46.2 Å². The first-order chi connectivity index (χ1) is 20.6. The molecule has 2 aromatic carbocycles. The monoisotopic (exact) mass is 620 g/mol. The Balaban J connectivity index is 1.65. The second-order valence-corrected chi connectivity index (χ2v) is 10.7. The second kappa shape index (κ2) is 12.4. The van der Waals surface area contributed by atoms with Gasteiger partial charge < -0.3 is 29.6 Å². The Hall–Kier alpha value is -4.52. The van der Waals surface area contributed by atoms with Crippen LogP contribution in [-0.4, -0.2) is 46.3 Å². The van der Waals surface area contributed by atoms with Crippen LogP contribution >= 0.6 is 23.8 Å². The summed E-state index contributed by atoms with van der Waals surface area (Å²) in [5.41, 5.74) is 5.03. The van der Waals surface area contributed by atoms with E-state index in [2.05, 4.69) is 15.6 Å². The number of nitro groups is 1. The van der Waals surface area contributed by atoms with Gasteiger partial charge in [-0.15, -0.1) is 0 Å². The second-order valence-electron chi connectivity index (χ2n) is 9.92. The quantitative estimate of drug-likeness (QED) is 0.135. The van der Waals surface area contributed by atoms with Crippen molar-refractivity contribution in [3.63, 3.8) is 0 Å². The maximum Gasteiger partial charge on any atom is 0.271 e. The largest absolute Gasteiger partial charge is 0.495 e. The first kappa shape index (κ1) is 30.0. The van der Waals surface area contributed by atoms with E-state index in [9.17, 15) is 14.9 Å². The average molecular weight is 621 g/mol. The van der Waals surface area contributed by atoms with Gasteiger partial charge in [-0.25, -0.2) is 0 Å². The van der Waals surface area contributed by atoms with E-state index >= 15 is 0 Å². The molecule has 5 rings (SSSR count). The minimum atomic E-state index is -0.429. The predicted molar refractivity (Wildman–Crippen MR) is 168 cm³/mol. The molecule has 43 heavy (non-hydrogen) atoms. The van der Waals surface area contributed by atoms with Crippen molar-refractivity contribution in [3.8, 4) is 11.4 Å². The zero-order chi connectivity index (χ0) is 30.8. The van der Waals surface area contributed by atoms with Crippen molar-refractivity contribution in [2.75, 3.05) is 31.0 Å². The third-order valence-corrected chi connectivity index (χ3v) is 7.91. The summed E-state index contributed by atoms with van der Waals surface area (Å²) in [7, 11) is 2.97. The zero-order valence-corrected chi connectivity index (χ0v) is 25.4. The molecule has 0 spiro atoms. The molecule has 1 aliphatic rings. The topological polar surface area (TPSA) is 124 Å². The van der Waals surface area contributed by atoms with Gasteiger partial charge in [0.15, 0.2) is 5.11 Å². The molecular formula is C30H29ClN6O5S. The molecule has 11 nitrogen and oxygen atoms in total. The molecule has 222 valence electrons. The van der Waals surface area contributed by atoms with Gasteiger partial charge in [0.1, 0.15) is 12.4 Å². The Labute approximate surface area is 258 Å². The lowest BCUT2D eigenvalue weighted by Gasteiger charge is -2.28. The van der Waals surface area contributed by atoms with E-state index in [1.54, 1.807) is 24.4 Å². The highest BCUT2D eigenvalue weighted by Gasteiger charge is 2.42. The summed E-state index contributed by atoms with van der Waals surface area (Å²) < 4.78 is 12.4. The van der Waals surface area contributed by atoms with Crippen LogP contribution in [0.4, 0.5) is 17.1 Å². The summed E-state index contributed by atoms with van der Waals surface area (Å²) >= 11 is 12.5. The van der Waals surface area contributed by atoms with Crippen LogP contribution in [0.25, 0.3) is 5.69 Å². The smallest absolute Gasteiger partial charge is 0.271 e. The van der Waals surface area contributed by atoms with Crippen LogP contribution in [-0.2, 0) is 9.53 Å². The number of ether oxygens (including phenoxy) is 2. The molecule has 0 saturated carbocycles. The van der Waals surface area contributed by atoms with Gasteiger partial charge in [0.25, 0.3) is 5.69 Å². The maximum atomic E-state index is 12.1. The molecule has 0 bridgehead atoms. The third kappa shape index (κ3) is 5.76. The van der Waals surface area contributed by atoms with Crippen LogP contribution in [0.15, 0.2) is 66.9 Å². The van der Waals surface area contributed by atoms with Gasteiger partial charge in [-0.3, -0.25) is 19.9 Å². The molecule has 0 radical (unpaired) electrons. The Morgan fingerprint density at radius 2 is 1.95 bits per heavy atom. The summed E-state index contributed by atoms with van der Waals surface area (Å²) in [4.78, 5) is 29.9. The van der Waals surface area contributed by atoms with E-state index in [1.807, 2.05) is 53.6 Å². The van der Waals surface area contributed by atoms with Crippen LogP contribution in [0.2, 0.25) is 5.02 Å². The summed E-state index contributed by atoms with van der Waals surface area (Å²) in [6.45, 7) is 3.79. The number of hydrogen-bond acceptors (Lipinski definition) is 7. The van der Waals surface area contributed by atoms with E-state index in [0.717, 1.165) is 22.6 Å². The Morgan fingerprint density at radius 3 is 2.60 bits per heavy atom. The average Bonchev–Trinajstić information content (AvgIpc) is 3.48. The van der Waals surface area contributed by atoms with E-state index in [0.29, 0.717) is 32.9 Å². The lowest BCUT2D eigenvalue weighted by molar-refractivity contribution is -0.384. The van der Waals surface area contributed by atoms with Crippen LogP contribution in [0.5, 0.6) is 5.75 Å². The van der Waals surface area contributed by atoms with E-state index in [1.165, 1.54) is 26.4 Å². The molecule has 13 heteroatoms. The van der Waals surface area contributed by atoms with Crippen molar-refractivity contribution in [3.05, 3.63) is 105 Å². The lowest BCUT2D eigenvalue weighted by Crippen LogP contribution is -2.29. The van der Waals surface area contributed by atoms with Gasteiger partial charge in [-0.1, -0.05) is 17.7 Å². The SMILES string of the molecule is COCC(=O)Nc1ccc(N2C(=S)N[C@@H](c3ccccn3)[C@@H]2c2cc(C)n(-c3cc([N+](=O)[O-])ccc3OC)c2C)cc1Cl. The van der Waals surface area contributed by atoms with Gasteiger partial charge in [0, 0.05) is 42.5 Å². The Kier molecular flexibility index (Phi) is 8.62. The fourth-order valence-corrected chi connectivity index (χ4v) is 6.01. The number of nitro benzene ring substituents is 1. The van der Waals surface area contributed by atoms with Gasteiger partial charge in [-0.05, 0) is 74.1 Å². The van der Waals surface area contributed by atoms with Crippen LogP contribution < -0.4 is 20.3 Å². The molecule has 1 amide bonds. The van der Waals surface area contributed by atoms with Gasteiger partial charge >= 0.3 is 0 Å². The molecule has 3 heterocycles. The first-order valence-electron chi connectivity index (χ1n) is 13.2. The van der Waals surface area contributed by atoms with Crippen molar-refractivity contribution in [1.82, 2.24) is 14.9 Å². The minimum absolute atomic E-state index is 0.0473. The number of anilines is 2. The molecular weight excluding hydrogens is 592 g/mol. The van der Waals surface area contributed by atoms with Crippen LogP contribution in [0.1, 0.15) is 34.7 Å². The van der Waals surface area contributed by atoms with Gasteiger partial charge in [-0.2, -0.15) is 0 Å². The number of halogens is 1. The first-order valence-corrected chi connectivity index (χ1v) is 14.0. The summed E-state index contributed by atoms with van der Waals surface area (Å²) in [5.74, 6) is 0.169.